The molecule has 15 heavy (non-hydrogen) atoms. The summed E-state index contributed by atoms with van der Waals surface area (Å²) in [7, 11) is 0. The number of aromatic nitrogens is 1. The summed E-state index contributed by atoms with van der Waals surface area (Å²) < 4.78 is 0. The second-order valence-electron chi connectivity index (χ2n) is 3.62. The van der Waals surface area contributed by atoms with Gasteiger partial charge in [-0.1, -0.05) is 6.07 Å². The predicted molar refractivity (Wildman–Crippen MR) is 59.1 cm³/mol. The summed E-state index contributed by atoms with van der Waals surface area (Å²) in [4.78, 5) is 17.6. The molecule has 0 aromatic carbocycles. The molecule has 1 fully saturated rings. The van der Waals surface area contributed by atoms with Gasteiger partial charge in [-0.05, 0) is 31.1 Å². The Balaban J connectivity index is 1.96. The van der Waals surface area contributed by atoms with Crippen molar-refractivity contribution < 1.29 is 4.79 Å². The summed E-state index contributed by atoms with van der Waals surface area (Å²) in [5.41, 5.74) is 0.824. The van der Waals surface area contributed by atoms with Crippen LogP contribution in [0.4, 0.5) is 0 Å². The van der Waals surface area contributed by atoms with Gasteiger partial charge in [-0.2, -0.15) is 0 Å². The van der Waals surface area contributed by atoms with E-state index in [0.717, 1.165) is 31.6 Å². The Kier molecular flexibility index (Phi) is 3.12. The third-order valence-electron chi connectivity index (χ3n) is 2.50. The van der Waals surface area contributed by atoms with E-state index < -0.39 is 0 Å². The number of likely N-dealkylation sites (tertiary alicyclic amines) is 1. The van der Waals surface area contributed by atoms with Crippen molar-refractivity contribution in [3.05, 3.63) is 36.2 Å². The van der Waals surface area contributed by atoms with Crippen molar-refractivity contribution in [1.82, 2.24) is 9.88 Å². The SMILES string of the molecule is O=C(/C=C/c1ccccn1)N1CCCC1. The molecular weight excluding hydrogens is 188 g/mol. The minimum atomic E-state index is 0.0955. The molecule has 1 aromatic rings. The van der Waals surface area contributed by atoms with Crippen LogP contribution in [0.25, 0.3) is 6.08 Å². The Morgan fingerprint density at radius 3 is 2.80 bits per heavy atom. The molecule has 0 aliphatic carbocycles. The summed E-state index contributed by atoms with van der Waals surface area (Å²) in [6.07, 6.45) is 7.35. The van der Waals surface area contributed by atoms with E-state index in [1.54, 1.807) is 18.3 Å². The number of hydrogen-bond donors (Lipinski definition) is 0. The van der Waals surface area contributed by atoms with Crippen molar-refractivity contribution in [2.24, 2.45) is 0 Å². The fourth-order valence-corrected chi connectivity index (χ4v) is 1.67. The minimum absolute atomic E-state index is 0.0955. The quantitative estimate of drug-likeness (QED) is 0.684. The average molecular weight is 202 g/mol. The van der Waals surface area contributed by atoms with Crippen LogP contribution < -0.4 is 0 Å². The molecule has 0 unspecified atom stereocenters. The van der Waals surface area contributed by atoms with Crippen molar-refractivity contribution >= 4 is 12.0 Å². The zero-order chi connectivity index (χ0) is 10.5. The molecule has 1 aromatic heterocycles. The van der Waals surface area contributed by atoms with Crippen LogP contribution in [0.2, 0.25) is 0 Å². The highest BCUT2D eigenvalue weighted by molar-refractivity contribution is 5.91. The first kappa shape index (κ1) is 9.90. The molecule has 0 N–H and O–H groups in total. The molecule has 1 aliphatic rings. The van der Waals surface area contributed by atoms with Gasteiger partial charge in [0.05, 0.1) is 5.69 Å². The lowest BCUT2D eigenvalue weighted by molar-refractivity contribution is -0.124. The molecule has 78 valence electrons. The zero-order valence-corrected chi connectivity index (χ0v) is 8.60. The molecule has 1 aliphatic heterocycles. The van der Waals surface area contributed by atoms with Crippen LogP contribution in [0.1, 0.15) is 18.5 Å². The molecule has 0 saturated carbocycles. The van der Waals surface area contributed by atoms with E-state index >= 15 is 0 Å². The Hall–Kier alpha value is -1.64. The summed E-state index contributed by atoms with van der Waals surface area (Å²) in [5.74, 6) is 0.0955. The van der Waals surface area contributed by atoms with Crippen LogP contribution >= 0.6 is 0 Å². The Bertz CT molecular complexity index is 353. The molecule has 1 amide bonds. The Labute approximate surface area is 89.4 Å². The molecule has 0 atom stereocenters. The summed E-state index contributed by atoms with van der Waals surface area (Å²) in [5, 5.41) is 0. The van der Waals surface area contributed by atoms with Crippen molar-refractivity contribution in [1.29, 1.82) is 0 Å². The van der Waals surface area contributed by atoms with Crippen LogP contribution in [0.15, 0.2) is 30.5 Å². The smallest absolute Gasteiger partial charge is 0.246 e. The van der Waals surface area contributed by atoms with E-state index in [9.17, 15) is 4.79 Å². The van der Waals surface area contributed by atoms with Gasteiger partial charge in [-0.25, -0.2) is 0 Å². The zero-order valence-electron chi connectivity index (χ0n) is 8.60. The van der Waals surface area contributed by atoms with E-state index in [-0.39, 0.29) is 5.91 Å². The lowest BCUT2D eigenvalue weighted by Gasteiger charge is -2.11. The third kappa shape index (κ3) is 2.65. The van der Waals surface area contributed by atoms with E-state index in [4.69, 9.17) is 0 Å². The first-order chi connectivity index (χ1) is 7.36. The maximum Gasteiger partial charge on any atom is 0.246 e. The normalized spacial score (nSPS) is 16.1. The van der Waals surface area contributed by atoms with Crippen molar-refractivity contribution in [2.45, 2.75) is 12.8 Å². The van der Waals surface area contributed by atoms with Crippen LogP contribution in [0, 0.1) is 0 Å². The van der Waals surface area contributed by atoms with E-state index in [0.29, 0.717) is 0 Å². The number of pyridine rings is 1. The van der Waals surface area contributed by atoms with Crippen molar-refractivity contribution in [3.63, 3.8) is 0 Å². The highest BCUT2D eigenvalue weighted by Crippen LogP contribution is 2.08. The summed E-state index contributed by atoms with van der Waals surface area (Å²) in [6, 6.07) is 5.65. The molecule has 3 nitrogen and oxygen atoms in total. The Morgan fingerprint density at radius 1 is 1.33 bits per heavy atom. The third-order valence-corrected chi connectivity index (χ3v) is 2.50. The summed E-state index contributed by atoms with van der Waals surface area (Å²) >= 11 is 0. The van der Waals surface area contributed by atoms with Gasteiger partial charge in [-0.3, -0.25) is 9.78 Å². The van der Waals surface area contributed by atoms with Crippen LogP contribution in [0.3, 0.4) is 0 Å². The van der Waals surface area contributed by atoms with Gasteiger partial charge >= 0.3 is 0 Å². The Morgan fingerprint density at radius 2 is 2.13 bits per heavy atom. The van der Waals surface area contributed by atoms with Crippen molar-refractivity contribution in [2.75, 3.05) is 13.1 Å². The second kappa shape index (κ2) is 4.73. The monoisotopic (exact) mass is 202 g/mol. The fraction of sp³-hybridized carbons (Fsp3) is 0.333. The van der Waals surface area contributed by atoms with E-state index in [1.165, 1.54) is 0 Å². The van der Waals surface area contributed by atoms with Crippen LogP contribution in [-0.4, -0.2) is 28.9 Å². The molecule has 0 spiro atoms. The summed E-state index contributed by atoms with van der Waals surface area (Å²) in [6.45, 7) is 1.79. The van der Waals surface area contributed by atoms with E-state index in [2.05, 4.69) is 4.98 Å². The van der Waals surface area contributed by atoms with Gasteiger partial charge < -0.3 is 4.90 Å². The molecule has 2 rings (SSSR count). The number of nitrogens with zero attached hydrogens (tertiary/aromatic N) is 2. The first-order valence-electron chi connectivity index (χ1n) is 5.24. The van der Waals surface area contributed by atoms with Gasteiger partial charge in [0.25, 0.3) is 0 Å². The lowest BCUT2D eigenvalue weighted by atomic mass is 10.3. The first-order valence-corrected chi connectivity index (χ1v) is 5.24. The molecule has 0 bridgehead atoms. The van der Waals surface area contributed by atoms with Gasteiger partial charge in [0.15, 0.2) is 0 Å². The van der Waals surface area contributed by atoms with Gasteiger partial charge in [0.1, 0.15) is 0 Å². The highest BCUT2D eigenvalue weighted by atomic mass is 16.2. The largest absolute Gasteiger partial charge is 0.339 e. The van der Waals surface area contributed by atoms with Crippen LogP contribution in [0.5, 0.6) is 0 Å². The molecular formula is C12H14N2O. The number of amides is 1. The van der Waals surface area contributed by atoms with Gasteiger partial charge in [0, 0.05) is 25.4 Å². The topological polar surface area (TPSA) is 33.2 Å². The van der Waals surface area contributed by atoms with Gasteiger partial charge in [-0.15, -0.1) is 0 Å². The second-order valence-corrected chi connectivity index (χ2v) is 3.62. The number of carbonyl (C=O) groups is 1. The number of hydrogen-bond acceptors (Lipinski definition) is 2. The number of rotatable bonds is 2. The highest BCUT2D eigenvalue weighted by Gasteiger charge is 2.14. The maximum absolute atomic E-state index is 11.6. The molecule has 0 radical (unpaired) electrons. The van der Waals surface area contributed by atoms with E-state index in [1.807, 2.05) is 23.1 Å². The fourth-order valence-electron chi connectivity index (χ4n) is 1.67. The molecule has 2 heterocycles. The maximum atomic E-state index is 11.6. The molecule has 3 heteroatoms. The minimum Gasteiger partial charge on any atom is -0.339 e. The van der Waals surface area contributed by atoms with Gasteiger partial charge in [0.2, 0.25) is 5.91 Å². The average Bonchev–Trinajstić information content (AvgIpc) is 2.81. The molecule has 1 saturated heterocycles. The number of carbonyl (C=O) groups excluding carboxylic acids is 1. The lowest BCUT2D eigenvalue weighted by Crippen LogP contribution is -2.25. The predicted octanol–water partition coefficient (Wildman–Crippen LogP) is 1.72. The standard InChI is InChI=1S/C12H14N2O/c15-12(14-9-3-4-10-14)7-6-11-5-1-2-8-13-11/h1-2,5-8H,3-4,9-10H2/b7-6+. The van der Waals surface area contributed by atoms with Crippen molar-refractivity contribution in [3.8, 4) is 0 Å². The van der Waals surface area contributed by atoms with Crippen LogP contribution in [-0.2, 0) is 4.79 Å².